The molecular formula is C18H17NO3S. The molecule has 0 aliphatic carbocycles. The summed E-state index contributed by atoms with van der Waals surface area (Å²) in [6, 6.07) is 18.1. The third-order valence-electron chi connectivity index (χ3n) is 3.63. The minimum Gasteiger partial charge on any atom is -0.495 e. The maximum atomic E-state index is 12.7. The SMILES string of the molecule is COc1ccc(C)cc1NS(=O)(=O)c1ccc2ccccc2c1. The molecule has 0 saturated carbocycles. The second-order valence-corrected chi connectivity index (χ2v) is 7.00. The van der Waals surface area contributed by atoms with E-state index in [2.05, 4.69) is 4.72 Å². The van der Waals surface area contributed by atoms with Crippen molar-refractivity contribution in [1.29, 1.82) is 0 Å². The van der Waals surface area contributed by atoms with Crippen LogP contribution < -0.4 is 9.46 Å². The first-order valence-corrected chi connectivity index (χ1v) is 8.64. The van der Waals surface area contributed by atoms with E-state index in [9.17, 15) is 8.42 Å². The molecule has 0 atom stereocenters. The average molecular weight is 327 g/mol. The molecule has 4 nitrogen and oxygen atoms in total. The second-order valence-electron chi connectivity index (χ2n) is 5.32. The molecule has 0 unspecified atom stereocenters. The lowest BCUT2D eigenvalue weighted by atomic mass is 10.1. The Hall–Kier alpha value is -2.53. The third kappa shape index (κ3) is 3.14. The number of hydrogen-bond acceptors (Lipinski definition) is 3. The van der Waals surface area contributed by atoms with Crippen LogP contribution in [-0.4, -0.2) is 15.5 Å². The molecule has 5 heteroatoms. The van der Waals surface area contributed by atoms with Crippen LogP contribution in [0.25, 0.3) is 10.8 Å². The highest BCUT2D eigenvalue weighted by Crippen LogP contribution is 2.28. The first kappa shape index (κ1) is 15.4. The van der Waals surface area contributed by atoms with Crippen LogP contribution in [-0.2, 0) is 10.0 Å². The largest absolute Gasteiger partial charge is 0.495 e. The fourth-order valence-corrected chi connectivity index (χ4v) is 3.54. The molecule has 0 spiro atoms. The Bertz CT molecular complexity index is 965. The summed E-state index contributed by atoms with van der Waals surface area (Å²) < 4.78 is 33.1. The molecule has 0 radical (unpaired) electrons. The van der Waals surface area contributed by atoms with E-state index >= 15 is 0 Å². The first-order chi connectivity index (χ1) is 11.0. The lowest BCUT2D eigenvalue weighted by Gasteiger charge is -2.13. The fraction of sp³-hybridized carbons (Fsp3) is 0.111. The Morgan fingerprint density at radius 3 is 2.39 bits per heavy atom. The highest BCUT2D eigenvalue weighted by atomic mass is 32.2. The van der Waals surface area contributed by atoms with Crippen LogP contribution in [0.15, 0.2) is 65.6 Å². The van der Waals surface area contributed by atoms with Gasteiger partial charge in [-0.3, -0.25) is 4.72 Å². The van der Waals surface area contributed by atoms with Crippen molar-refractivity contribution in [2.45, 2.75) is 11.8 Å². The lowest BCUT2D eigenvalue weighted by molar-refractivity contribution is 0.417. The van der Waals surface area contributed by atoms with Gasteiger partial charge in [0.1, 0.15) is 5.75 Å². The number of anilines is 1. The van der Waals surface area contributed by atoms with E-state index in [1.807, 2.05) is 37.3 Å². The molecule has 118 valence electrons. The van der Waals surface area contributed by atoms with E-state index in [-0.39, 0.29) is 4.90 Å². The molecule has 1 N–H and O–H groups in total. The van der Waals surface area contributed by atoms with E-state index < -0.39 is 10.0 Å². The van der Waals surface area contributed by atoms with Gasteiger partial charge in [0.15, 0.2) is 0 Å². The molecule has 3 aromatic carbocycles. The molecule has 3 rings (SSSR count). The van der Waals surface area contributed by atoms with Crippen molar-refractivity contribution in [2.75, 3.05) is 11.8 Å². The zero-order chi connectivity index (χ0) is 16.4. The van der Waals surface area contributed by atoms with Crippen molar-refractivity contribution >= 4 is 26.5 Å². The van der Waals surface area contributed by atoms with E-state index in [0.29, 0.717) is 11.4 Å². The number of hydrogen-bond donors (Lipinski definition) is 1. The molecular weight excluding hydrogens is 310 g/mol. The van der Waals surface area contributed by atoms with E-state index in [1.165, 1.54) is 7.11 Å². The molecule has 0 fully saturated rings. The summed E-state index contributed by atoms with van der Waals surface area (Å²) in [5.41, 5.74) is 1.38. The van der Waals surface area contributed by atoms with Gasteiger partial charge in [0.05, 0.1) is 17.7 Å². The third-order valence-corrected chi connectivity index (χ3v) is 4.99. The summed E-state index contributed by atoms with van der Waals surface area (Å²) in [6.07, 6.45) is 0. The molecule has 0 amide bonds. The van der Waals surface area contributed by atoms with E-state index in [4.69, 9.17) is 4.74 Å². The summed E-state index contributed by atoms with van der Waals surface area (Å²) in [7, 11) is -2.17. The standard InChI is InChI=1S/C18H17NO3S/c1-13-7-10-18(22-2)17(11-13)19-23(20,21)16-9-8-14-5-3-4-6-15(14)12-16/h3-12,19H,1-2H3. The van der Waals surface area contributed by atoms with Crippen molar-refractivity contribution in [3.05, 3.63) is 66.2 Å². The molecule has 0 saturated heterocycles. The monoisotopic (exact) mass is 327 g/mol. The van der Waals surface area contributed by atoms with Gasteiger partial charge in [-0.15, -0.1) is 0 Å². The van der Waals surface area contributed by atoms with Gasteiger partial charge < -0.3 is 4.74 Å². The number of methoxy groups -OCH3 is 1. The fourth-order valence-electron chi connectivity index (χ4n) is 2.44. The summed E-state index contributed by atoms with van der Waals surface area (Å²) in [4.78, 5) is 0.222. The smallest absolute Gasteiger partial charge is 0.262 e. The van der Waals surface area contributed by atoms with Crippen LogP contribution in [0.1, 0.15) is 5.56 Å². The Labute approximate surface area is 135 Å². The maximum Gasteiger partial charge on any atom is 0.262 e. The van der Waals surface area contributed by atoms with Gasteiger partial charge in [0.2, 0.25) is 0 Å². The normalized spacial score (nSPS) is 11.4. The zero-order valence-electron chi connectivity index (χ0n) is 12.9. The second kappa shape index (κ2) is 5.93. The van der Waals surface area contributed by atoms with Crippen LogP contribution in [0.2, 0.25) is 0 Å². The predicted molar refractivity (Wildman–Crippen MR) is 92.5 cm³/mol. The molecule has 0 heterocycles. The zero-order valence-corrected chi connectivity index (χ0v) is 13.7. The minimum absolute atomic E-state index is 0.222. The van der Waals surface area contributed by atoms with Crippen LogP contribution in [0.4, 0.5) is 5.69 Å². The Morgan fingerprint density at radius 2 is 1.65 bits per heavy atom. The predicted octanol–water partition coefficient (Wildman–Crippen LogP) is 3.96. The van der Waals surface area contributed by atoms with Gasteiger partial charge in [-0.2, -0.15) is 0 Å². The molecule has 0 bridgehead atoms. The highest BCUT2D eigenvalue weighted by Gasteiger charge is 2.17. The van der Waals surface area contributed by atoms with E-state index in [1.54, 1.807) is 30.3 Å². The number of fused-ring (bicyclic) bond motifs is 1. The van der Waals surface area contributed by atoms with Gasteiger partial charge >= 0.3 is 0 Å². The number of nitrogens with one attached hydrogen (secondary N) is 1. The summed E-state index contributed by atoms with van der Waals surface area (Å²) in [6.45, 7) is 1.90. The Morgan fingerprint density at radius 1 is 0.913 bits per heavy atom. The van der Waals surface area contributed by atoms with Gasteiger partial charge in [0, 0.05) is 0 Å². The first-order valence-electron chi connectivity index (χ1n) is 7.16. The summed E-state index contributed by atoms with van der Waals surface area (Å²) in [5, 5.41) is 1.88. The van der Waals surface area contributed by atoms with Gasteiger partial charge in [-0.25, -0.2) is 8.42 Å². The number of sulfonamides is 1. The average Bonchev–Trinajstić information content (AvgIpc) is 2.54. The molecule has 0 aromatic heterocycles. The van der Waals surface area contributed by atoms with Crippen molar-refractivity contribution in [3.63, 3.8) is 0 Å². The van der Waals surface area contributed by atoms with Crippen LogP contribution >= 0.6 is 0 Å². The Kier molecular flexibility index (Phi) is 3.96. The molecule has 3 aromatic rings. The van der Waals surface area contributed by atoms with Crippen LogP contribution in [0.3, 0.4) is 0 Å². The molecule has 0 aliphatic rings. The van der Waals surface area contributed by atoms with Gasteiger partial charge in [-0.05, 0) is 47.5 Å². The number of rotatable bonds is 4. The minimum atomic E-state index is -3.68. The van der Waals surface area contributed by atoms with Gasteiger partial charge in [0.25, 0.3) is 10.0 Å². The van der Waals surface area contributed by atoms with Gasteiger partial charge in [-0.1, -0.05) is 36.4 Å². The maximum absolute atomic E-state index is 12.7. The topological polar surface area (TPSA) is 55.4 Å². The molecule has 23 heavy (non-hydrogen) atoms. The van der Waals surface area contributed by atoms with Crippen molar-refractivity contribution in [2.24, 2.45) is 0 Å². The number of ether oxygens (including phenoxy) is 1. The molecule has 0 aliphatic heterocycles. The van der Waals surface area contributed by atoms with Crippen LogP contribution in [0.5, 0.6) is 5.75 Å². The van der Waals surface area contributed by atoms with E-state index in [0.717, 1.165) is 16.3 Å². The number of benzene rings is 3. The Balaban J connectivity index is 2.02. The van der Waals surface area contributed by atoms with Crippen molar-refractivity contribution in [3.8, 4) is 5.75 Å². The van der Waals surface area contributed by atoms with Crippen molar-refractivity contribution < 1.29 is 13.2 Å². The highest BCUT2D eigenvalue weighted by molar-refractivity contribution is 7.92. The number of aryl methyl sites for hydroxylation is 1. The quantitative estimate of drug-likeness (QED) is 0.789. The van der Waals surface area contributed by atoms with Crippen LogP contribution in [0, 0.1) is 6.92 Å². The lowest BCUT2D eigenvalue weighted by Crippen LogP contribution is -2.13. The summed E-state index contributed by atoms with van der Waals surface area (Å²) >= 11 is 0. The summed E-state index contributed by atoms with van der Waals surface area (Å²) in [5.74, 6) is 0.486. The van der Waals surface area contributed by atoms with Crippen molar-refractivity contribution in [1.82, 2.24) is 0 Å².